The summed E-state index contributed by atoms with van der Waals surface area (Å²) in [5, 5.41) is 9.08. The van der Waals surface area contributed by atoms with Crippen LogP contribution in [0.3, 0.4) is 0 Å². The Bertz CT molecular complexity index is 1590. The Morgan fingerprint density at radius 2 is 1.73 bits per heavy atom. The van der Waals surface area contributed by atoms with Crippen LogP contribution in [0.15, 0.2) is 47.4 Å². The Morgan fingerprint density at radius 3 is 2.36 bits per heavy atom. The number of ether oxygens (including phenoxy) is 4. The highest BCUT2D eigenvalue weighted by Gasteiger charge is 2.30. The number of carbonyl (C=O) groups excluding carboxylic acids is 2. The number of pyridine rings is 1. The van der Waals surface area contributed by atoms with Crippen LogP contribution < -0.4 is 40.3 Å². The summed E-state index contributed by atoms with van der Waals surface area (Å²) in [6.45, 7) is 5.45. The first kappa shape index (κ1) is 32.1. The van der Waals surface area contributed by atoms with E-state index >= 15 is 0 Å². The maximum absolute atomic E-state index is 13.8. The van der Waals surface area contributed by atoms with E-state index in [4.69, 9.17) is 18.9 Å². The van der Waals surface area contributed by atoms with Gasteiger partial charge in [-0.05, 0) is 72.2 Å². The molecule has 1 heterocycles. The lowest BCUT2D eigenvalue weighted by atomic mass is 9.95. The second-order valence-electron chi connectivity index (χ2n) is 11.0. The summed E-state index contributed by atoms with van der Waals surface area (Å²) in [5.74, 6) is 1.27. The van der Waals surface area contributed by atoms with Gasteiger partial charge in [0.25, 0.3) is 0 Å². The topological polar surface area (TPSA) is 137 Å². The van der Waals surface area contributed by atoms with Crippen molar-refractivity contribution in [1.82, 2.24) is 10.3 Å². The molecule has 11 nitrogen and oxygen atoms in total. The molecule has 0 saturated heterocycles. The van der Waals surface area contributed by atoms with Crippen LogP contribution in [0.4, 0.5) is 11.4 Å². The second kappa shape index (κ2) is 14.1. The van der Waals surface area contributed by atoms with Crippen LogP contribution in [0.25, 0.3) is 11.1 Å². The highest BCUT2D eigenvalue weighted by molar-refractivity contribution is 5.97. The molecule has 2 atom stereocenters. The molecule has 3 N–H and O–H groups in total. The minimum atomic E-state index is -0.743. The predicted octanol–water partition coefficient (Wildman–Crippen LogP) is 4.73. The normalized spacial score (nSPS) is 14.3. The summed E-state index contributed by atoms with van der Waals surface area (Å²) in [6.07, 6.45) is 3.15. The largest absolute Gasteiger partial charge is 0.493 e. The van der Waals surface area contributed by atoms with E-state index in [0.29, 0.717) is 53.3 Å². The molecule has 0 saturated carbocycles. The van der Waals surface area contributed by atoms with Gasteiger partial charge in [0.2, 0.25) is 28.9 Å². The van der Waals surface area contributed by atoms with Crippen molar-refractivity contribution in [3.63, 3.8) is 0 Å². The molecule has 0 bridgehead atoms. The van der Waals surface area contributed by atoms with Crippen LogP contribution in [0, 0.1) is 5.92 Å². The summed E-state index contributed by atoms with van der Waals surface area (Å²) in [6, 6.07) is 9.12. The average Bonchev–Trinajstić information content (AvgIpc) is 3.24. The summed E-state index contributed by atoms with van der Waals surface area (Å²) in [4.78, 5) is 43.7. The molecule has 11 heteroatoms. The van der Waals surface area contributed by atoms with E-state index in [0.717, 1.165) is 11.1 Å². The number of carbonyl (C=O) groups is 2. The molecule has 0 spiro atoms. The fourth-order valence-corrected chi connectivity index (χ4v) is 5.59. The zero-order valence-electron chi connectivity index (χ0n) is 26.2. The standard InChI is InChI=1S/C33H40N4O7/c1-18(2)15-26(32(40)37-25-9-8-14-34-33(25)44-7)36-24-13-11-21-22(17-27(24)39)23(35-19(3)38)12-10-20-16-28(41-4)30(42-5)31(43-6)29(20)21/h8-9,11,13-14,16-18,23,26H,10,12,15H2,1-7H3,(H,35,38)(H,36,39)(H,37,40)/t23-,26-/m1/s1. The van der Waals surface area contributed by atoms with E-state index in [-0.39, 0.29) is 34.7 Å². The highest BCUT2D eigenvalue weighted by atomic mass is 16.5. The average molecular weight is 605 g/mol. The van der Waals surface area contributed by atoms with Crippen molar-refractivity contribution < 1.29 is 28.5 Å². The van der Waals surface area contributed by atoms with E-state index in [1.54, 1.807) is 38.6 Å². The van der Waals surface area contributed by atoms with Crippen molar-refractivity contribution >= 4 is 23.2 Å². The molecule has 234 valence electrons. The number of methoxy groups -OCH3 is 4. The number of aryl methyl sites for hydroxylation is 1. The van der Waals surface area contributed by atoms with Gasteiger partial charge in [-0.3, -0.25) is 14.4 Å². The third-order valence-electron chi connectivity index (χ3n) is 7.49. The van der Waals surface area contributed by atoms with Gasteiger partial charge in [0, 0.05) is 18.7 Å². The first-order chi connectivity index (χ1) is 21.1. The smallest absolute Gasteiger partial charge is 0.247 e. The lowest BCUT2D eigenvalue weighted by molar-refractivity contribution is -0.120. The number of fused-ring (bicyclic) bond motifs is 3. The van der Waals surface area contributed by atoms with Gasteiger partial charge in [0.1, 0.15) is 11.7 Å². The molecule has 1 aliphatic rings. The lowest BCUT2D eigenvalue weighted by Gasteiger charge is -2.21. The monoisotopic (exact) mass is 604 g/mol. The second-order valence-corrected chi connectivity index (χ2v) is 11.0. The zero-order chi connectivity index (χ0) is 32.0. The molecule has 4 rings (SSSR count). The maximum Gasteiger partial charge on any atom is 0.247 e. The summed E-state index contributed by atoms with van der Waals surface area (Å²) >= 11 is 0. The fourth-order valence-electron chi connectivity index (χ4n) is 5.59. The molecule has 1 aromatic heterocycles. The Morgan fingerprint density at radius 1 is 0.977 bits per heavy atom. The molecule has 44 heavy (non-hydrogen) atoms. The summed E-state index contributed by atoms with van der Waals surface area (Å²) < 4.78 is 22.4. The molecule has 0 fully saturated rings. The highest BCUT2D eigenvalue weighted by Crippen LogP contribution is 2.50. The first-order valence-electron chi connectivity index (χ1n) is 14.5. The van der Waals surface area contributed by atoms with Gasteiger partial charge < -0.3 is 34.9 Å². The number of aromatic nitrogens is 1. The minimum Gasteiger partial charge on any atom is -0.493 e. The predicted molar refractivity (Wildman–Crippen MR) is 169 cm³/mol. The Hall–Kier alpha value is -4.80. The van der Waals surface area contributed by atoms with Crippen molar-refractivity contribution in [2.45, 2.75) is 52.1 Å². The van der Waals surface area contributed by atoms with Crippen molar-refractivity contribution in [3.05, 3.63) is 63.9 Å². The SMILES string of the molecule is COc1cc2c(c(OC)c1OC)-c1ccc(N[C@H](CC(C)C)C(=O)Nc3cccnc3OC)c(=O)cc1[C@H](NC(C)=O)CC2. The van der Waals surface area contributed by atoms with E-state index in [9.17, 15) is 14.4 Å². The molecule has 1 aliphatic carbocycles. The summed E-state index contributed by atoms with van der Waals surface area (Å²) in [7, 11) is 6.12. The van der Waals surface area contributed by atoms with Crippen molar-refractivity contribution in [3.8, 4) is 34.3 Å². The zero-order valence-corrected chi connectivity index (χ0v) is 26.2. The van der Waals surface area contributed by atoms with Crippen LogP contribution in [0.1, 0.15) is 50.8 Å². The summed E-state index contributed by atoms with van der Waals surface area (Å²) in [5.41, 5.74) is 3.33. The van der Waals surface area contributed by atoms with Gasteiger partial charge in [0.05, 0.1) is 40.2 Å². The third-order valence-corrected chi connectivity index (χ3v) is 7.49. The third kappa shape index (κ3) is 6.88. The van der Waals surface area contributed by atoms with Crippen molar-refractivity contribution in [1.29, 1.82) is 0 Å². The van der Waals surface area contributed by atoms with Crippen molar-refractivity contribution in [2.75, 3.05) is 39.1 Å². The minimum absolute atomic E-state index is 0.140. The number of hydrogen-bond donors (Lipinski definition) is 3. The number of benzene rings is 1. The van der Waals surface area contributed by atoms with E-state index in [2.05, 4.69) is 20.9 Å². The first-order valence-corrected chi connectivity index (χ1v) is 14.5. The van der Waals surface area contributed by atoms with Crippen LogP contribution in [0.2, 0.25) is 0 Å². The Kier molecular flexibility index (Phi) is 10.3. The lowest BCUT2D eigenvalue weighted by Crippen LogP contribution is -2.37. The van der Waals surface area contributed by atoms with Gasteiger partial charge in [-0.25, -0.2) is 4.98 Å². The molecule has 3 aromatic rings. The molecular weight excluding hydrogens is 564 g/mol. The van der Waals surface area contributed by atoms with Gasteiger partial charge in [0.15, 0.2) is 11.5 Å². The number of anilines is 2. The van der Waals surface area contributed by atoms with E-state index < -0.39 is 12.1 Å². The van der Waals surface area contributed by atoms with Crippen LogP contribution in [-0.2, 0) is 16.0 Å². The molecule has 2 aromatic carbocycles. The van der Waals surface area contributed by atoms with Crippen LogP contribution in [-0.4, -0.2) is 51.3 Å². The number of hydrogen-bond acceptors (Lipinski definition) is 9. The Balaban J connectivity index is 1.85. The van der Waals surface area contributed by atoms with Gasteiger partial charge in [-0.2, -0.15) is 0 Å². The quantitative estimate of drug-likeness (QED) is 0.284. The molecular formula is C33H40N4O7. The van der Waals surface area contributed by atoms with Crippen LogP contribution in [0.5, 0.6) is 23.1 Å². The molecule has 0 aliphatic heterocycles. The van der Waals surface area contributed by atoms with E-state index in [1.807, 2.05) is 26.0 Å². The van der Waals surface area contributed by atoms with Gasteiger partial charge in [-0.15, -0.1) is 0 Å². The number of nitrogens with zero attached hydrogens (tertiary/aromatic N) is 1. The maximum atomic E-state index is 13.8. The molecule has 0 unspecified atom stereocenters. The van der Waals surface area contributed by atoms with Gasteiger partial charge in [-0.1, -0.05) is 19.9 Å². The number of amides is 2. The fraction of sp³-hybridized carbons (Fsp3) is 0.394. The van der Waals surface area contributed by atoms with Crippen molar-refractivity contribution in [2.24, 2.45) is 5.92 Å². The van der Waals surface area contributed by atoms with Crippen LogP contribution >= 0.6 is 0 Å². The molecule has 0 radical (unpaired) electrons. The van der Waals surface area contributed by atoms with E-state index in [1.165, 1.54) is 27.2 Å². The number of rotatable bonds is 11. The van der Waals surface area contributed by atoms with Gasteiger partial charge >= 0.3 is 0 Å². The molecule has 2 amide bonds. The number of nitrogens with one attached hydrogen (secondary N) is 3. The Labute approximate surface area is 257 Å².